The molecule has 0 spiro atoms. The zero-order chi connectivity index (χ0) is 13.0. The second kappa shape index (κ2) is 5.15. The monoisotopic (exact) mass is 248 g/mol. The summed E-state index contributed by atoms with van der Waals surface area (Å²) in [7, 11) is 0. The van der Waals surface area contributed by atoms with E-state index in [1.54, 1.807) is 0 Å². The van der Waals surface area contributed by atoms with Crippen molar-refractivity contribution in [3.63, 3.8) is 0 Å². The second-order valence-corrected chi connectivity index (χ2v) is 3.25. The second-order valence-electron chi connectivity index (χ2n) is 3.25. The van der Waals surface area contributed by atoms with Crippen LogP contribution in [0.2, 0.25) is 0 Å². The molecule has 92 valence electrons. The number of nitrogens with two attached hydrogens (primary N) is 1. The summed E-state index contributed by atoms with van der Waals surface area (Å²) in [5.41, 5.74) is 2.39. The Morgan fingerprint density at radius 3 is 2.44 bits per heavy atom. The first-order chi connectivity index (χ1) is 8.69. The van der Waals surface area contributed by atoms with Crippen LogP contribution < -0.4 is 16.6 Å². The lowest BCUT2D eigenvalue weighted by Crippen LogP contribution is -2.16. The fourth-order valence-corrected chi connectivity index (χ4v) is 1.15. The molecule has 8 heteroatoms. The predicted molar refractivity (Wildman–Crippen MR) is 62.0 cm³/mol. The Labute approximate surface area is 101 Å². The number of anilines is 2. The van der Waals surface area contributed by atoms with E-state index in [2.05, 4.69) is 25.7 Å². The molecule has 0 radical (unpaired) electrons. The molecule has 4 N–H and O–H groups in total. The van der Waals surface area contributed by atoms with Crippen LogP contribution in [0.25, 0.3) is 0 Å². The topological polar surface area (TPSA) is 106 Å². The third kappa shape index (κ3) is 2.74. The molecule has 2 rings (SSSR count). The Balaban J connectivity index is 2.09. The summed E-state index contributed by atoms with van der Waals surface area (Å²) in [6, 6.07) is 2.53. The Bertz CT molecular complexity index is 541. The van der Waals surface area contributed by atoms with Crippen LogP contribution in [0, 0.1) is 5.82 Å². The average molecular weight is 248 g/mol. The molecule has 0 saturated heterocycles. The number of aromatic nitrogens is 3. The van der Waals surface area contributed by atoms with Crippen LogP contribution in [0.1, 0.15) is 10.5 Å². The Morgan fingerprint density at radius 2 is 1.89 bits per heavy atom. The summed E-state index contributed by atoms with van der Waals surface area (Å²) < 4.78 is 12.6. The van der Waals surface area contributed by atoms with Gasteiger partial charge in [-0.2, -0.15) is 0 Å². The Kier molecular flexibility index (Phi) is 3.39. The molecule has 0 aliphatic heterocycles. The van der Waals surface area contributed by atoms with Crippen LogP contribution in [0.3, 0.4) is 0 Å². The highest BCUT2D eigenvalue weighted by molar-refractivity contribution is 6.02. The first-order valence-corrected chi connectivity index (χ1v) is 4.90. The number of amides is 1. The number of nitrogens with zero attached hydrogens (tertiary/aromatic N) is 3. The lowest BCUT2D eigenvalue weighted by Gasteiger charge is -2.03. The lowest BCUT2D eigenvalue weighted by molar-refractivity contribution is 0.102. The molecule has 2 aromatic heterocycles. The van der Waals surface area contributed by atoms with Crippen molar-refractivity contribution in [1.82, 2.24) is 15.0 Å². The minimum atomic E-state index is -0.495. The minimum Gasteiger partial charge on any atom is -0.307 e. The van der Waals surface area contributed by atoms with E-state index in [0.29, 0.717) is 5.82 Å². The molecule has 0 aliphatic carbocycles. The van der Waals surface area contributed by atoms with E-state index in [0.717, 1.165) is 6.20 Å². The molecular weight excluding hydrogens is 239 g/mol. The molecule has 0 fully saturated rings. The number of hydrogen-bond acceptors (Lipinski definition) is 6. The molecule has 0 saturated carbocycles. The zero-order valence-corrected chi connectivity index (χ0v) is 9.09. The summed E-state index contributed by atoms with van der Waals surface area (Å²) >= 11 is 0. The van der Waals surface area contributed by atoms with Gasteiger partial charge in [0, 0.05) is 0 Å². The molecule has 0 aromatic carbocycles. The number of hydrogen-bond donors (Lipinski definition) is 3. The van der Waals surface area contributed by atoms with E-state index < -0.39 is 11.7 Å². The molecule has 0 unspecified atom stereocenters. The third-order valence-electron chi connectivity index (χ3n) is 2.00. The number of carbonyl (C=O) groups excluding carboxylic acids is 1. The standard InChI is InChI=1S/C10H9FN6O/c11-6-1-2-8(14-3-6)16-10(18)7-4-15-9(17-12)5-13-7/h1-5H,12H2,(H,15,17)(H,14,16,18). The number of rotatable bonds is 3. The van der Waals surface area contributed by atoms with Crippen LogP contribution in [0.4, 0.5) is 16.0 Å². The zero-order valence-electron chi connectivity index (χ0n) is 9.09. The predicted octanol–water partition coefficient (Wildman–Crippen LogP) is 0.549. The highest BCUT2D eigenvalue weighted by Crippen LogP contribution is 2.06. The SMILES string of the molecule is NNc1cnc(C(=O)Nc2ccc(F)cn2)cn1. The lowest BCUT2D eigenvalue weighted by atomic mass is 10.4. The minimum absolute atomic E-state index is 0.0973. The van der Waals surface area contributed by atoms with Gasteiger partial charge >= 0.3 is 0 Å². The van der Waals surface area contributed by atoms with Crippen molar-refractivity contribution < 1.29 is 9.18 Å². The van der Waals surface area contributed by atoms with Gasteiger partial charge in [-0.1, -0.05) is 0 Å². The van der Waals surface area contributed by atoms with Crippen LogP contribution in [0.5, 0.6) is 0 Å². The van der Waals surface area contributed by atoms with Crippen LogP contribution in [-0.4, -0.2) is 20.9 Å². The molecule has 2 heterocycles. The molecule has 0 aliphatic rings. The molecule has 2 aromatic rings. The van der Waals surface area contributed by atoms with Crippen molar-refractivity contribution in [2.24, 2.45) is 5.84 Å². The maximum atomic E-state index is 12.6. The van der Waals surface area contributed by atoms with E-state index in [1.807, 2.05) is 0 Å². The van der Waals surface area contributed by atoms with Crippen molar-refractivity contribution in [3.8, 4) is 0 Å². The summed E-state index contributed by atoms with van der Waals surface area (Å²) in [6.45, 7) is 0. The van der Waals surface area contributed by atoms with Crippen LogP contribution >= 0.6 is 0 Å². The van der Waals surface area contributed by atoms with E-state index >= 15 is 0 Å². The molecule has 7 nitrogen and oxygen atoms in total. The first kappa shape index (κ1) is 11.9. The molecule has 0 atom stereocenters. The Morgan fingerprint density at radius 1 is 1.11 bits per heavy atom. The summed E-state index contributed by atoms with van der Waals surface area (Å²) in [6.07, 6.45) is 3.57. The van der Waals surface area contributed by atoms with Gasteiger partial charge in [-0.25, -0.2) is 25.2 Å². The quantitative estimate of drug-likeness (QED) is 0.541. The van der Waals surface area contributed by atoms with Gasteiger partial charge in [0.25, 0.3) is 5.91 Å². The van der Waals surface area contributed by atoms with Crippen molar-refractivity contribution in [2.75, 3.05) is 10.7 Å². The van der Waals surface area contributed by atoms with Gasteiger partial charge in [0.2, 0.25) is 0 Å². The van der Waals surface area contributed by atoms with E-state index in [-0.39, 0.29) is 11.5 Å². The fourth-order valence-electron chi connectivity index (χ4n) is 1.15. The van der Waals surface area contributed by atoms with E-state index in [4.69, 9.17) is 5.84 Å². The molecular formula is C10H9FN6O. The van der Waals surface area contributed by atoms with Gasteiger partial charge in [0.15, 0.2) is 5.82 Å². The number of carbonyl (C=O) groups is 1. The highest BCUT2D eigenvalue weighted by atomic mass is 19.1. The van der Waals surface area contributed by atoms with Gasteiger partial charge in [0.05, 0.1) is 18.6 Å². The number of pyridine rings is 1. The first-order valence-electron chi connectivity index (χ1n) is 4.90. The van der Waals surface area contributed by atoms with Gasteiger partial charge in [-0.15, -0.1) is 0 Å². The highest BCUT2D eigenvalue weighted by Gasteiger charge is 2.08. The van der Waals surface area contributed by atoms with Crippen molar-refractivity contribution in [3.05, 3.63) is 42.2 Å². The normalized spacial score (nSPS) is 9.89. The van der Waals surface area contributed by atoms with Gasteiger partial charge in [-0.3, -0.25) is 4.79 Å². The number of nitrogen functional groups attached to an aromatic ring is 1. The van der Waals surface area contributed by atoms with Crippen LogP contribution in [0.15, 0.2) is 30.7 Å². The smallest absolute Gasteiger partial charge is 0.277 e. The number of nitrogens with one attached hydrogen (secondary N) is 2. The van der Waals surface area contributed by atoms with Crippen molar-refractivity contribution in [1.29, 1.82) is 0 Å². The van der Waals surface area contributed by atoms with Gasteiger partial charge < -0.3 is 10.7 Å². The average Bonchev–Trinajstić information content (AvgIpc) is 2.41. The summed E-state index contributed by atoms with van der Waals surface area (Å²) in [5.74, 6) is 4.70. The largest absolute Gasteiger partial charge is 0.307 e. The fraction of sp³-hybridized carbons (Fsp3) is 0. The van der Waals surface area contributed by atoms with E-state index in [1.165, 1.54) is 24.5 Å². The Hall–Kier alpha value is -2.61. The van der Waals surface area contributed by atoms with Gasteiger partial charge in [-0.05, 0) is 12.1 Å². The molecule has 1 amide bonds. The third-order valence-corrected chi connectivity index (χ3v) is 2.00. The maximum absolute atomic E-state index is 12.6. The molecule has 0 bridgehead atoms. The van der Waals surface area contributed by atoms with E-state index in [9.17, 15) is 9.18 Å². The van der Waals surface area contributed by atoms with Crippen LogP contribution in [-0.2, 0) is 0 Å². The van der Waals surface area contributed by atoms with Crippen molar-refractivity contribution in [2.45, 2.75) is 0 Å². The van der Waals surface area contributed by atoms with Crippen molar-refractivity contribution >= 4 is 17.5 Å². The summed E-state index contributed by atoms with van der Waals surface area (Å²) in [5, 5.41) is 2.45. The summed E-state index contributed by atoms with van der Waals surface area (Å²) in [4.78, 5) is 23.1. The maximum Gasteiger partial charge on any atom is 0.277 e. The molecule has 18 heavy (non-hydrogen) atoms. The number of hydrazine groups is 1. The number of halogens is 1. The van der Waals surface area contributed by atoms with Gasteiger partial charge in [0.1, 0.15) is 17.3 Å².